The first kappa shape index (κ1) is 12.9. The predicted molar refractivity (Wildman–Crippen MR) is 47.3 cm³/mol. The SMILES string of the molecule is COc1cc(C(=O)O)c(OC(F)(F)F)c(=O)[nH]1. The van der Waals surface area contributed by atoms with Crippen LogP contribution in [0.3, 0.4) is 0 Å². The summed E-state index contributed by atoms with van der Waals surface area (Å²) >= 11 is 0. The Morgan fingerprint density at radius 1 is 1.47 bits per heavy atom. The molecule has 9 heteroatoms. The molecule has 0 aromatic carbocycles. The Kier molecular flexibility index (Phi) is 3.30. The highest BCUT2D eigenvalue weighted by Crippen LogP contribution is 2.24. The Hall–Kier alpha value is -2.19. The molecule has 0 amide bonds. The molecule has 0 spiro atoms. The van der Waals surface area contributed by atoms with Gasteiger partial charge in [0, 0.05) is 6.07 Å². The van der Waals surface area contributed by atoms with E-state index < -0.39 is 29.2 Å². The summed E-state index contributed by atoms with van der Waals surface area (Å²) in [5.41, 5.74) is -2.29. The Bertz CT molecular complexity index is 493. The number of carboxylic acids is 1. The van der Waals surface area contributed by atoms with Crippen molar-refractivity contribution in [2.75, 3.05) is 7.11 Å². The lowest BCUT2D eigenvalue weighted by Crippen LogP contribution is -2.25. The number of halogens is 3. The summed E-state index contributed by atoms with van der Waals surface area (Å²) in [6.45, 7) is 0. The third-order valence-corrected chi connectivity index (χ3v) is 1.63. The molecule has 0 bridgehead atoms. The van der Waals surface area contributed by atoms with Crippen molar-refractivity contribution >= 4 is 5.97 Å². The average Bonchev–Trinajstić information content (AvgIpc) is 2.18. The van der Waals surface area contributed by atoms with Gasteiger partial charge < -0.3 is 14.6 Å². The standard InChI is InChI=1S/C8H6F3NO5/c1-16-4-2-3(7(14)15)5(6(13)12-4)17-8(9,10)11/h2H,1H3,(H,12,13)(H,14,15). The van der Waals surface area contributed by atoms with Crippen LogP contribution in [-0.4, -0.2) is 29.5 Å². The van der Waals surface area contributed by atoms with Gasteiger partial charge in [-0.15, -0.1) is 13.2 Å². The molecule has 1 heterocycles. The van der Waals surface area contributed by atoms with Crippen LogP contribution in [0, 0.1) is 0 Å². The molecule has 2 N–H and O–H groups in total. The fourth-order valence-corrected chi connectivity index (χ4v) is 1.01. The van der Waals surface area contributed by atoms with Crippen molar-refractivity contribution in [3.63, 3.8) is 0 Å². The molecule has 0 aliphatic rings. The van der Waals surface area contributed by atoms with E-state index in [0.29, 0.717) is 6.07 Å². The second-order valence-electron chi connectivity index (χ2n) is 2.76. The average molecular weight is 253 g/mol. The van der Waals surface area contributed by atoms with Crippen molar-refractivity contribution in [1.29, 1.82) is 0 Å². The molecule has 0 unspecified atom stereocenters. The Balaban J connectivity index is 3.37. The van der Waals surface area contributed by atoms with Gasteiger partial charge in [0.2, 0.25) is 5.75 Å². The van der Waals surface area contributed by atoms with Gasteiger partial charge in [0.05, 0.1) is 7.11 Å². The van der Waals surface area contributed by atoms with Crippen molar-refractivity contribution in [1.82, 2.24) is 4.98 Å². The van der Waals surface area contributed by atoms with Gasteiger partial charge in [-0.3, -0.25) is 9.78 Å². The van der Waals surface area contributed by atoms with Crippen LogP contribution in [0.5, 0.6) is 11.6 Å². The van der Waals surface area contributed by atoms with Crippen LogP contribution >= 0.6 is 0 Å². The van der Waals surface area contributed by atoms with Gasteiger partial charge in [-0.2, -0.15) is 0 Å². The Labute approximate surface area is 91.6 Å². The molecule has 0 atom stereocenters. The topological polar surface area (TPSA) is 88.6 Å². The number of carbonyl (C=O) groups is 1. The minimum atomic E-state index is -5.16. The van der Waals surface area contributed by atoms with Crippen LogP contribution in [0.2, 0.25) is 0 Å². The number of methoxy groups -OCH3 is 1. The van der Waals surface area contributed by atoms with Crippen LogP contribution < -0.4 is 15.0 Å². The number of hydrogen-bond acceptors (Lipinski definition) is 4. The third-order valence-electron chi connectivity index (χ3n) is 1.63. The monoisotopic (exact) mass is 253 g/mol. The van der Waals surface area contributed by atoms with Gasteiger partial charge in [0.25, 0.3) is 5.56 Å². The van der Waals surface area contributed by atoms with Gasteiger partial charge >= 0.3 is 12.3 Å². The molecule has 1 aromatic rings. The maximum Gasteiger partial charge on any atom is 0.573 e. The molecule has 0 fully saturated rings. The zero-order valence-corrected chi connectivity index (χ0v) is 8.29. The molecule has 0 aliphatic heterocycles. The zero-order chi connectivity index (χ0) is 13.2. The van der Waals surface area contributed by atoms with Gasteiger partial charge in [-0.25, -0.2) is 4.79 Å². The van der Waals surface area contributed by atoms with E-state index in [9.17, 15) is 22.8 Å². The van der Waals surface area contributed by atoms with Crippen LogP contribution in [0.1, 0.15) is 10.4 Å². The molecular weight excluding hydrogens is 247 g/mol. The van der Waals surface area contributed by atoms with Crippen molar-refractivity contribution in [3.8, 4) is 11.6 Å². The van der Waals surface area contributed by atoms with Crippen molar-refractivity contribution in [2.24, 2.45) is 0 Å². The van der Waals surface area contributed by atoms with Crippen LogP contribution in [-0.2, 0) is 0 Å². The number of rotatable bonds is 3. The third kappa shape index (κ3) is 3.13. The zero-order valence-electron chi connectivity index (χ0n) is 8.29. The first-order valence-electron chi connectivity index (χ1n) is 4.05. The van der Waals surface area contributed by atoms with E-state index in [1.54, 1.807) is 0 Å². The highest BCUT2D eigenvalue weighted by molar-refractivity contribution is 5.91. The number of ether oxygens (including phenoxy) is 2. The van der Waals surface area contributed by atoms with Crippen molar-refractivity contribution in [3.05, 3.63) is 22.0 Å². The van der Waals surface area contributed by atoms with E-state index in [4.69, 9.17) is 5.11 Å². The van der Waals surface area contributed by atoms with E-state index in [1.165, 1.54) is 0 Å². The maximum atomic E-state index is 11.9. The quantitative estimate of drug-likeness (QED) is 0.838. The second kappa shape index (κ2) is 4.36. The van der Waals surface area contributed by atoms with Gasteiger partial charge in [0.1, 0.15) is 5.56 Å². The first-order valence-corrected chi connectivity index (χ1v) is 4.05. The predicted octanol–water partition coefficient (Wildman–Crippen LogP) is 0.980. The molecule has 94 valence electrons. The normalized spacial score (nSPS) is 11.1. The second-order valence-corrected chi connectivity index (χ2v) is 2.76. The molecule has 0 radical (unpaired) electrons. The van der Waals surface area contributed by atoms with E-state index in [2.05, 4.69) is 9.47 Å². The van der Waals surface area contributed by atoms with Crippen LogP contribution in [0.4, 0.5) is 13.2 Å². The van der Waals surface area contributed by atoms with E-state index in [0.717, 1.165) is 7.11 Å². The maximum absolute atomic E-state index is 11.9. The van der Waals surface area contributed by atoms with Crippen molar-refractivity contribution in [2.45, 2.75) is 6.36 Å². The molecule has 0 saturated heterocycles. The Morgan fingerprint density at radius 2 is 2.06 bits per heavy atom. The number of carboxylic acid groups (broad SMARTS) is 1. The number of aromatic carboxylic acids is 1. The van der Waals surface area contributed by atoms with E-state index >= 15 is 0 Å². The van der Waals surface area contributed by atoms with E-state index in [1.807, 2.05) is 4.98 Å². The van der Waals surface area contributed by atoms with Crippen molar-refractivity contribution < 1.29 is 32.5 Å². The molecular formula is C8H6F3NO5. The number of aromatic nitrogens is 1. The molecule has 17 heavy (non-hydrogen) atoms. The van der Waals surface area contributed by atoms with Gasteiger partial charge in [0.15, 0.2) is 5.88 Å². The lowest BCUT2D eigenvalue weighted by atomic mass is 10.2. The Morgan fingerprint density at radius 3 is 2.47 bits per heavy atom. The first-order chi connectivity index (χ1) is 7.74. The van der Waals surface area contributed by atoms with Crippen LogP contribution in [0.15, 0.2) is 10.9 Å². The van der Waals surface area contributed by atoms with E-state index in [-0.39, 0.29) is 5.88 Å². The van der Waals surface area contributed by atoms with Crippen LogP contribution in [0.25, 0.3) is 0 Å². The largest absolute Gasteiger partial charge is 0.573 e. The lowest BCUT2D eigenvalue weighted by Gasteiger charge is -2.11. The molecule has 0 saturated carbocycles. The minimum absolute atomic E-state index is 0.290. The molecule has 0 aliphatic carbocycles. The highest BCUT2D eigenvalue weighted by Gasteiger charge is 2.35. The number of aromatic amines is 1. The highest BCUT2D eigenvalue weighted by atomic mass is 19.4. The number of hydrogen-bond donors (Lipinski definition) is 2. The number of pyridine rings is 1. The minimum Gasteiger partial charge on any atom is -0.482 e. The smallest absolute Gasteiger partial charge is 0.482 e. The summed E-state index contributed by atoms with van der Waals surface area (Å²) in [4.78, 5) is 23.7. The summed E-state index contributed by atoms with van der Waals surface area (Å²) in [5, 5.41) is 8.65. The number of alkyl halides is 3. The number of H-pyrrole nitrogens is 1. The van der Waals surface area contributed by atoms with Gasteiger partial charge in [-0.1, -0.05) is 0 Å². The van der Waals surface area contributed by atoms with Gasteiger partial charge in [-0.05, 0) is 0 Å². The lowest BCUT2D eigenvalue weighted by molar-refractivity contribution is -0.275. The summed E-state index contributed by atoms with van der Waals surface area (Å²) in [6.07, 6.45) is -5.16. The summed E-state index contributed by atoms with van der Waals surface area (Å²) < 4.78 is 43.7. The summed E-state index contributed by atoms with van der Waals surface area (Å²) in [6, 6.07) is 0.713. The fraction of sp³-hybridized carbons (Fsp3) is 0.250. The molecule has 6 nitrogen and oxygen atoms in total. The summed E-state index contributed by atoms with van der Waals surface area (Å²) in [5.74, 6) is -3.37. The molecule has 1 aromatic heterocycles. The molecule has 1 rings (SSSR count). The number of nitrogens with one attached hydrogen (secondary N) is 1. The fourth-order valence-electron chi connectivity index (χ4n) is 1.01. The summed E-state index contributed by atoms with van der Waals surface area (Å²) in [7, 11) is 1.11.